The van der Waals surface area contributed by atoms with E-state index in [-0.39, 0.29) is 6.61 Å². The molecule has 0 aromatic heterocycles. The average Bonchev–Trinajstić information content (AvgIpc) is 2.74. The monoisotopic (exact) mass is 402 g/mol. The van der Waals surface area contributed by atoms with Gasteiger partial charge in [-0.2, -0.15) is 0 Å². The van der Waals surface area contributed by atoms with Gasteiger partial charge in [0.2, 0.25) is 0 Å². The van der Waals surface area contributed by atoms with E-state index in [1.165, 1.54) is 5.56 Å². The Balaban J connectivity index is 1.96. The molecule has 158 valence electrons. The molecule has 2 aromatic rings. The van der Waals surface area contributed by atoms with E-state index in [4.69, 9.17) is 4.74 Å². The Bertz CT molecular complexity index is 817. The van der Waals surface area contributed by atoms with Crippen molar-refractivity contribution in [3.63, 3.8) is 0 Å². The first-order valence-electron chi connectivity index (χ1n) is 10.0. The topological polar surface area (TPSA) is 110 Å². The standard InChI is InChI=1S/C23H30O6/c1-3-14-4-6-15(7-5-14)9-16-10-18(17(11-24)8-13(16)2)23-22(28)21(27)20(26)19(12-25)29-23/h4-8,10,19-28H,3,9,11-12H2,1-2H3/t19-,20-,21+,22-,23+/m1/s1. The number of benzene rings is 2. The lowest BCUT2D eigenvalue weighted by Crippen LogP contribution is -2.55. The van der Waals surface area contributed by atoms with Crippen LogP contribution in [-0.4, -0.2) is 56.6 Å². The summed E-state index contributed by atoms with van der Waals surface area (Å²) in [7, 11) is 0. The van der Waals surface area contributed by atoms with Crippen molar-refractivity contribution >= 4 is 0 Å². The van der Waals surface area contributed by atoms with Crippen molar-refractivity contribution in [2.24, 2.45) is 0 Å². The van der Waals surface area contributed by atoms with E-state index < -0.39 is 37.1 Å². The molecular weight excluding hydrogens is 372 g/mol. The van der Waals surface area contributed by atoms with Crippen LogP contribution in [0.3, 0.4) is 0 Å². The summed E-state index contributed by atoms with van der Waals surface area (Å²) in [6.45, 7) is 3.33. The highest BCUT2D eigenvalue weighted by molar-refractivity contribution is 5.42. The summed E-state index contributed by atoms with van der Waals surface area (Å²) in [5.74, 6) is 0. The van der Waals surface area contributed by atoms with Crippen molar-refractivity contribution in [1.29, 1.82) is 0 Å². The van der Waals surface area contributed by atoms with Gasteiger partial charge in [0.15, 0.2) is 0 Å². The number of hydrogen-bond donors (Lipinski definition) is 5. The van der Waals surface area contributed by atoms with Gasteiger partial charge in [-0.3, -0.25) is 0 Å². The van der Waals surface area contributed by atoms with Gasteiger partial charge in [0, 0.05) is 0 Å². The van der Waals surface area contributed by atoms with Crippen molar-refractivity contribution in [3.05, 3.63) is 69.8 Å². The molecule has 0 saturated carbocycles. The van der Waals surface area contributed by atoms with Crippen LogP contribution in [0, 0.1) is 6.92 Å². The lowest BCUT2D eigenvalue weighted by Gasteiger charge is -2.41. The molecule has 0 spiro atoms. The van der Waals surface area contributed by atoms with Crippen LogP contribution in [-0.2, 0) is 24.2 Å². The fourth-order valence-corrected chi connectivity index (χ4v) is 3.90. The van der Waals surface area contributed by atoms with Crippen molar-refractivity contribution in [2.45, 2.75) is 63.8 Å². The zero-order valence-electron chi connectivity index (χ0n) is 16.8. The van der Waals surface area contributed by atoms with Crippen molar-refractivity contribution in [1.82, 2.24) is 0 Å². The smallest absolute Gasteiger partial charge is 0.113 e. The largest absolute Gasteiger partial charge is 0.394 e. The molecule has 1 fully saturated rings. The van der Waals surface area contributed by atoms with Crippen LogP contribution in [0.2, 0.25) is 0 Å². The van der Waals surface area contributed by atoms with Gasteiger partial charge >= 0.3 is 0 Å². The van der Waals surface area contributed by atoms with Gasteiger partial charge < -0.3 is 30.3 Å². The van der Waals surface area contributed by atoms with Gasteiger partial charge in [-0.1, -0.05) is 43.3 Å². The summed E-state index contributed by atoms with van der Waals surface area (Å²) in [4.78, 5) is 0. The van der Waals surface area contributed by atoms with E-state index in [0.717, 1.165) is 23.1 Å². The first-order chi connectivity index (χ1) is 13.9. The number of aryl methyl sites for hydroxylation is 2. The molecule has 0 unspecified atom stereocenters. The second-order valence-corrected chi connectivity index (χ2v) is 7.73. The first kappa shape index (κ1) is 21.9. The van der Waals surface area contributed by atoms with Crippen LogP contribution in [0.1, 0.15) is 46.4 Å². The van der Waals surface area contributed by atoms with Crippen LogP contribution in [0.25, 0.3) is 0 Å². The molecule has 5 N–H and O–H groups in total. The van der Waals surface area contributed by atoms with Crippen LogP contribution in [0.5, 0.6) is 0 Å². The predicted molar refractivity (Wildman–Crippen MR) is 108 cm³/mol. The maximum atomic E-state index is 10.5. The van der Waals surface area contributed by atoms with Gasteiger partial charge in [0.05, 0.1) is 13.2 Å². The molecule has 6 nitrogen and oxygen atoms in total. The van der Waals surface area contributed by atoms with Gasteiger partial charge in [0.25, 0.3) is 0 Å². The lowest BCUT2D eigenvalue weighted by atomic mass is 9.86. The van der Waals surface area contributed by atoms with E-state index in [0.29, 0.717) is 17.5 Å². The Morgan fingerprint density at radius 3 is 2.10 bits per heavy atom. The third-order valence-corrected chi connectivity index (χ3v) is 5.79. The number of ether oxygens (including phenoxy) is 1. The zero-order chi connectivity index (χ0) is 21.1. The van der Waals surface area contributed by atoms with Crippen molar-refractivity contribution in [2.75, 3.05) is 6.61 Å². The molecule has 29 heavy (non-hydrogen) atoms. The maximum Gasteiger partial charge on any atom is 0.113 e. The van der Waals surface area contributed by atoms with E-state index in [1.807, 2.05) is 19.1 Å². The van der Waals surface area contributed by atoms with Gasteiger partial charge in [-0.25, -0.2) is 0 Å². The third-order valence-electron chi connectivity index (χ3n) is 5.79. The van der Waals surface area contributed by atoms with E-state index in [9.17, 15) is 25.5 Å². The summed E-state index contributed by atoms with van der Waals surface area (Å²) in [6.07, 6.45) is -4.55. The van der Waals surface area contributed by atoms with E-state index >= 15 is 0 Å². The summed E-state index contributed by atoms with van der Waals surface area (Å²) >= 11 is 0. The highest BCUT2D eigenvalue weighted by Crippen LogP contribution is 2.35. The lowest BCUT2D eigenvalue weighted by molar-refractivity contribution is -0.232. The number of rotatable bonds is 6. The second-order valence-electron chi connectivity index (χ2n) is 7.73. The molecule has 2 aromatic carbocycles. The van der Waals surface area contributed by atoms with Gasteiger partial charge in [0.1, 0.15) is 30.5 Å². The normalized spacial score (nSPS) is 27.2. The number of aliphatic hydroxyl groups excluding tert-OH is 5. The van der Waals surface area contributed by atoms with E-state index in [2.05, 4.69) is 31.2 Å². The Kier molecular flexibility index (Phi) is 7.05. The Labute approximate surface area is 171 Å². The van der Waals surface area contributed by atoms with E-state index in [1.54, 1.807) is 0 Å². The highest BCUT2D eigenvalue weighted by Gasteiger charge is 2.44. The minimum atomic E-state index is -1.45. The molecule has 5 atom stereocenters. The van der Waals surface area contributed by atoms with Crippen molar-refractivity contribution < 1.29 is 30.3 Å². The Morgan fingerprint density at radius 1 is 0.862 bits per heavy atom. The molecule has 1 aliphatic heterocycles. The molecule has 3 rings (SSSR count). The first-order valence-corrected chi connectivity index (χ1v) is 10.0. The molecule has 0 aliphatic carbocycles. The minimum Gasteiger partial charge on any atom is -0.394 e. The highest BCUT2D eigenvalue weighted by atomic mass is 16.5. The fourth-order valence-electron chi connectivity index (χ4n) is 3.90. The summed E-state index contributed by atoms with van der Waals surface area (Å²) in [6, 6.07) is 12.1. The van der Waals surface area contributed by atoms with Crippen LogP contribution >= 0.6 is 0 Å². The van der Waals surface area contributed by atoms with Crippen LogP contribution < -0.4 is 0 Å². The van der Waals surface area contributed by atoms with Crippen LogP contribution in [0.4, 0.5) is 0 Å². The number of hydrogen-bond acceptors (Lipinski definition) is 6. The average molecular weight is 402 g/mol. The summed E-state index contributed by atoms with van der Waals surface area (Å²) in [5, 5.41) is 50.0. The Hall–Kier alpha value is -1.80. The third kappa shape index (κ3) is 4.53. The quantitative estimate of drug-likeness (QED) is 0.496. The summed E-state index contributed by atoms with van der Waals surface area (Å²) < 4.78 is 5.71. The van der Waals surface area contributed by atoms with Crippen molar-refractivity contribution in [3.8, 4) is 0 Å². The predicted octanol–water partition coefficient (Wildman–Crippen LogP) is 1.16. The fraction of sp³-hybridized carbons (Fsp3) is 0.478. The molecule has 1 saturated heterocycles. The minimum absolute atomic E-state index is 0.253. The zero-order valence-corrected chi connectivity index (χ0v) is 16.8. The Morgan fingerprint density at radius 2 is 1.52 bits per heavy atom. The summed E-state index contributed by atoms with van der Waals surface area (Å²) in [5.41, 5.74) is 5.55. The molecule has 6 heteroatoms. The SMILES string of the molecule is CCc1ccc(Cc2cc([C@@H]3O[C@H](CO)[C@@H](O)[C@H](O)[C@H]3O)c(CO)cc2C)cc1. The molecule has 1 heterocycles. The molecular formula is C23H30O6. The maximum absolute atomic E-state index is 10.5. The van der Waals surface area contributed by atoms with Crippen LogP contribution in [0.15, 0.2) is 36.4 Å². The molecule has 1 aliphatic rings. The molecule has 0 amide bonds. The van der Waals surface area contributed by atoms with Gasteiger partial charge in [-0.15, -0.1) is 0 Å². The molecule has 0 bridgehead atoms. The molecule has 0 radical (unpaired) electrons. The second kappa shape index (κ2) is 9.34. The number of aliphatic hydroxyl groups is 5. The van der Waals surface area contributed by atoms with Gasteiger partial charge in [-0.05, 0) is 53.1 Å².